The molecule has 0 N–H and O–H groups in total. The van der Waals surface area contributed by atoms with Crippen LogP contribution in [0.4, 0.5) is 0 Å². The minimum absolute atomic E-state index is 0.0487. The average Bonchev–Trinajstić information content (AvgIpc) is 3.43. The van der Waals surface area contributed by atoms with Crippen LogP contribution in [-0.4, -0.2) is 11.9 Å². The normalized spacial score (nSPS) is 17.3. The Hall–Kier alpha value is -2.96. The van der Waals surface area contributed by atoms with E-state index in [9.17, 15) is 0 Å². The summed E-state index contributed by atoms with van der Waals surface area (Å²) in [5.74, 6) is 0.780. The number of fused-ring (bicyclic) bond motifs is 1. The lowest BCUT2D eigenvalue weighted by molar-refractivity contribution is 0.310. The van der Waals surface area contributed by atoms with Gasteiger partial charge in [-0.1, -0.05) is 90.5 Å². The van der Waals surface area contributed by atoms with Crippen LogP contribution in [0.3, 0.4) is 0 Å². The van der Waals surface area contributed by atoms with E-state index in [4.69, 9.17) is 9.73 Å². The van der Waals surface area contributed by atoms with Gasteiger partial charge in [-0.15, -0.1) is 0 Å². The number of hydrogen-bond acceptors (Lipinski definition) is 2. The van der Waals surface area contributed by atoms with Gasteiger partial charge in [0.25, 0.3) is 0 Å². The Kier molecular flexibility index (Phi) is 5.57. The van der Waals surface area contributed by atoms with Gasteiger partial charge < -0.3 is 4.74 Å². The van der Waals surface area contributed by atoms with Crippen molar-refractivity contribution >= 4 is 24.4 Å². The second-order valence-corrected chi connectivity index (χ2v) is 10.2. The summed E-state index contributed by atoms with van der Waals surface area (Å²) in [5.41, 5.74) is 4.94. The molecule has 2 aliphatic rings. The maximum absolute atomic E-state index is 5.98. The molecule has 0 saturated heterocycles. The van der Waals surface area contributed by atoms with Crippen molar-refractivity contribution in [1.82, 2.24) is 0 Å². The highest BCUT2D eigenvalue weighted by Gasteiger charge is 2.28. The molecule has 154 valence electrons. The van der Waals surface area contributed by atoms with Crippen LogP contribution in [0.15, 0.2) is 107 Å². The summed E-state index contributed by atoms with van der Waals surface area (Å²) in [6, 6.07) is 28.3. The van der Waals surface area contributed by atoms with E-state index in [0.29, 0.717) is 6.61 Å². The first kappa shape index (κ1) is 20.0. The molecule has 5 rings (SSSR count). The Morgan fingerprint density at radius 1 is 0.871 bits per heavy atom. The number of ether oxygens (including phenoxy) is 1. The van der Waals surface area contributed by atoms with Crippen LogP contribution in [-0.2, 0) is 11.3 Å². The summed E-state index contributed by atoms with van der Waals surface area (Å²) >= 11 is 0. The van der Waals surface area contributed by atoms with E-state index >= 15 is 0 Å². The van der Waals surface area contributed by atoms with Gasteiger partial charge in [-0.05, 0) is 55.8 Å². The van der Waals surface area contributed by atoms with Crippen LogP contribution in [0, 0.1) is 6.92 Å². The second kappa shape index (κ2) is 8.65. The molecule has 1 aliphatic heterocycles. The van der Waals surface area contributed by atoms with Crippen LogP contribution < -0.4 is 10.6 Å². The summed E-state index contributed by atoms with van der Waals surface area (Å²) in [4.78, 5) is 5.06. The van der Waals surface area contributed by atoms with Gasteiger partial charge in [-0.2, -0.15) is 0 Å². The van der Waals surface area contributed by atoms with Gasteiger partial charge in [0.1, 0.15) is 6.61 Å². The third-order valence-electron chi connectivity index (χ3n) is 5.84. The van der Waals surface area contributed by atoms with Crippen LogP contribution in [0.1, 0.15) is 30.0 Å². The maximum Gasteiger partial charge on any atom is 0.217 e. The van der Waals surface area contributed by atoms with E-state index in [1.54, 1.807) is 0 Å². The molecule has 0 radical (unpaired) electrons. The average molecular weight is 423 g/mol. The maximum atomic E-state index is 5.98. The van der Waals surface area contributed by atoms with E-state index in [1.165, 1.54) is 32.6 Å². The smallest absolute Gasteiger partial charge is 0.217 e. The second-order valence-electron chi connectivity index (χ2n) is 8.05. The number of aliphatic imine (C=N–C) groups is 1. The fourth-order valence-electron chi connectivity index (χ4n) is 4.30. The van der Waals surface area contributed by atoms with Crippen molar-refractivity contribution in [3.05, 3.63) is 119 Å². The molecule has 1 atom stereocenters. The molecule has 0 fully saturated rings. The van der Waals surface area contributed by atoms with Crippen molar-refractivity contribution in [2.45, 2.75) is 32.9 Å². The molecule has 0 aromatic heterocycles. The Morgan fingerprint density at radius 3 is 2.23 bits per heavy atom. The molecule has 1 aliphatic carbocycles. The highest BCUT2D eigenvalue weighted by atomic mass is 31.1. The molecular weight excluding hydrogens is 397 g/mol. The largest absolute Gasteiger partial charge is 0.473 e. The predicted octanol–water partition coefficient (Wildman–Crippen LogP) is 6.01. The fourth-order valence-corrected chi connectivity index (χ4v) is 6.92. The first-order chi connectivity index (χ1) is 15.2. The summed E-state index contributed by atoms with van der Waals surface area (Å²) < 4.78 is 5.98. The standard InChI is InChI=1S/C28H26NOP/c1-20-16-17-22-19-30-28(26(22)18-20)29-21(2)25-14-9-15-27(25)31(23-10-5-3-6-11-23)24-12-7-4-8-13-24/h3-8,10-18,21H,9,19H2,1-2H3/t21-/m1/s1. The molecule has 3 aromatic carbocycles. The highest BCUT2D eigenvalue weighted by Crippen LogP contribution is 2.50. The molecule has 0 unspecified atom stereocenters. The molecule has 2 nitrogen and oxygen atoms in total. The third kappa shape index (κ3) is 4.01. The molecule has 0 spiro atoms. The lowest BCUT2D eigenvalue weighted by atomic mass is 10.1. The Bertz CT molecular complexity index is 1140. The highest BCUT2D eigenvalue weighted by molar-refractivity contribution is 7.77. The van der Waals surface area contributed by atoms with E-state index in [1.807, 2.05) is 0 Å². The molecule has 3 aromatic rings. The lowest BCUT2D eigenvalue weighted by Crippen LogP contribution is -2.16. The van der Waals surface area contributed by atoms with Crippen molar-refractivity contribution in [2.75, 3.05) is 0 Å². The first-order valence-corrected chi connectivity index (χ1v) is 12.2. The van der Waals surface area contributed by atoms with Crippen LogP contribution in [0.25, 0.3) is 0 Å². The zero-order valence-corrected chi connectivity index (χ0v) is 18.8. The minimum Gasteiger partial charge on any atom is -0.473 e. The zero-order chi connectivity index (χ0) is 21.2. The molecule has 0 amide bonds. The summed E-state index contributed by atoms with van der Waals surface area (Å²) in [5, 5.41) is 4.17. The number of nitrogens with zero attached hydrogens (tertiary/aromatic N) is 1. The molecule has 0 saturated carbocycles. The monoisotopic (exact) mass is 423 g/mol. The third-order valence-corrected chi connectivity index (χ3v) is 8.39. The summed E-state index contributed by atoms with van der Waals surface area (Å²) in [6.07, 6.45) is 5.71. The SMILES string of the molecule is Cc1ccc2c(c1)C(=N[C@H](C)C1=CCC=C1P(c1ccccc1)c1ccccc1)OC2. The number of rotatable bonds is 5. The van der Waals surface area contributed by atoms with Crippen molar-refractivity contribution in [2.24, 2.45) is 4.99 Å². The van der Waals surface area contributed by atoms with Gasteiger partial charge in [-0.3, -0.25) is 0 Å². The zero-order valence-electron chi connectivity index (χ0n) is 18.0. The lowest BCUT2D eigenvalue weighted by Gasteiger charge is -2.24. The molecule has 31 heavy (non-hydrogen) atoms. The topological polar surface area (TPSA) is 21.6 Å². The van der Waals surface area contributed by atoms with Crippen molar-refractivity contribution in [3.8, 4) is 0 Å². The fraction of sp³-hybridized carbons (Fsp3) is 0.179. The Labute approximate surface area is 185 Å². The van der Waals surface area contributed by atoms with E-state index in [2.05, 4.69) is 105 Å². The van der Waals surface area contributed by atoms with Gasteiger partial charge in [0.05, 0.1) is 6.04 Å². The minimum atomic E-state index is -0.617. The van der Waals surface area contributed by atoms with Crippen LogP contribution in [0.5, 0.6) is 0 Å². The van der Waals surface area contributed by atoms with Gasteiger partial charge >= 0.3 is 0 Å². The van der Waals surface area contributed by atoms with Gasteiger partial charge in [0.2, 0.25) is 5.90 Å². The number of aryl methyl sites for hydroxylation is 1. The Morgan fingerprint density at radius 2 is 1.55 bits per heavy atom. The molecule has 3 heteroatoms. The van der Waals surface area contributed by atoms with Gasteiger partial charge in [0.15, 0.2) is 0 Å². The molecule has 0 bridgehead atoms. The Balaban J connectivity index is 1.50. The van der Waals surface area contributed by atoms with Crippen molar-refractivity contribution in [3.63, 3.8) is 0 Å². The van der Waals surface area contributed by atoms with Crippen molar-refractivity contribution < 1.29 is 4.74 Å². The van der Waals surface area contributed by atoms with Crippen LogP contribution >= 0.6 is 7.92 Å². The van der Waals surface area contributed by atoms with E-state index < -0.39 is 7.92 Å². The van der Waals surface area contributed by atoms with E-state index in [0.717, 1.165) is 17.9 Å². The quantitative estimate of drug-likeness (QED) is 0.461. The van der Waals surface area contributed by atoms with Crippen LogP contribution in [0.2, 0.25) is 0 Å². The molecular formula is C28H26NOP. The van der Waals surface area contributed by atoms with E-state index in [-0.39, 0.29) is 6.04 Å². The summed E-state index contributed by atoms with van der Waals surface area (Å²) in [6.45, 7) is 4.93. The predicted molar refractivity (Wildman–Crippen MR) is 132 cm³/mol. The number of hydrogen-bond donors (Lipinski definition) is 0. The first-order valence-electron chi connectivity index (χ1n) is 10.8. The molecule has 1 heterocycles. The summed E-state index contributed by atoms with van der Waals surface area (Å²) in [7, 11) is -0.617. The van der Waals surface area contributed by atoms with Gasteiger partial charge in [0, 0.05) is 11.1 Å². The number of allylic oxidation sites excluding steroid dienone is 2. The number of benzene rings is 3. The van der Waals surface area contributed by atoms with Crippen molar-refractivity contribution in [1.29, 1.82) is 0 Å². The van der Waals surface area contributed by atoms with Gasteiger partial charge in [-0.25, -0.2) is 4.99 Å².